The fourth-order valence-corrected chi connectivity index (χ4v) is 3.49. The highest BCUT2D eigenvalue weighted by Crippen LogP contribution is 2.27. The SMILES string of the molecule is Cl.Cn1c(SCc2ccc(F)cc2)nnc1C1CCNCC1. The van der Waals surface area contributed by atoms with Crippen molar-refractivity contribution in [2.75, 3.05) is 13.1 Å². The first-order valence-corrected chi connectivity index (χ1v) is 8.20. The predicted octanol–water partition coefficient (Wildman–Crippen LogP) is 3.14. The summed E-state index contributed by atoms with van der Waals surface area (Å²) < 4.78 is 15.0. The van der Waals surface area contributed by atoms with Gasteiger partial charge in [-0.05, 0) is 43.6 Å². The van der Waals surface area contributed by atoms with Crippen molar-refractivity contribution in [1.82, 2.24) is 20.1 Å². The largest absolute Gasteiger partial charge is 0.317 e. The third kappa shape index (κ3) is 4.00. The number of rotatable bonds is 4. The highest BCUT2D eigenvalue weighted by atomic mass is 35.5. The minimum absolute atomic E-state index is 0. The first-order chi connectivity index (χ1) is 10.2. The molecule has 1 N–H and O–H groups in total. The van der Waals surface area contributed by atoms with Crippen molar-refractivity contribution in [2.24, 2.45) is 7.05 Å². The van der Waals surface area contributed by atoms with Gasteiger partial charge >= 0.3 is 0 Å². The second-order valence-electron chi connectivity index (χ2n) is 5.34. The van der Waals surface area contributed by atoms with E-state index in [-0.39, 0.29) is 18.2 Å². The molecule has 0 radical (unpaired) electrons. The average Bonchev–Trinajstić information content (AvgIpc) is 2.89. The molecule has 0 spiro atoms. The molecular formula is C15H20ClFN4S. The van der Waals surface area contributed by atoms with Crippen LogP contribution in [0, 0.1) is 5.82 Å². The monoisotopic (exact) mass is 342 g/mol. The molecule has 0 atom stereocenters. The number of nitrogens with one attached hydrogen (secondary N) is 1. The van der Waals surface area contributed by atoms with E-state index in [4.69, 9.17) is 0 Å². The Hall–Kier alpha value is -1.11. The number of halogens is 2. The van der Waals surface area contributed by atoms with E-state index in [0.29, 0.717) is 5.92 Å². The molecule has 7 heteroatoms. The number of benzene rings is 1. The van der Waals surface area contributed by atoms with Crippen LogP contribution < -0.4 is 5.32 Å². The van der Waals surface area contributed by atoms with Crippen molar-refractivity contribution in [3.63, 3.8) is 0 Å². The van der Waals surface area contributed by atoms with E-state index in [1.54, 1.807) is 11.8 Å². The Bertz CT molecular complexity index is 596. The zero-order valence-corrected chi connectivity index (χ0v) is 14.1. The summed E-state index contributed by atoms with van der Waals surface area (Å²) in [6.07, 6.45) is 2.24. The van der Waals surface area contributed by atoms with Crippen molar-refractivity contribution in [2.45, 2.75) is 29.7 Å². The molecule has 1 aromatic carbocycles. The maximum atomic E-state index is 12.9. The third-order valence-electron chi connectivity index (χ3n) is 3.85. The van der Waals surface area contributed by atoms with Gasteiger partial charge in [-0.2, -0.15) is 0 Å². The molecule has 120 valence electrons. The van der Waals surface area contributed by atoms with Crippen molar-refractivity contribution >= 4 is 24.2 Å². The minimum Gasteiger partial charge on any atom is -0.317 e. The quantitative estimate of drug-likeness (QED) is 0.867. The van der Waals surface area contributed by atoms with Crippen LogP contribution in [-0.4, -0.2) is 27.9 Å². The zero-order chi connectivity index (χ0) is 14.7. The van der Waals surface area contributed by atoms with Gasteiger partial charge in [0.05, 0.1) is 0 Å². The van der Waals surface area contributed by atoms with Crippen molar-refractivity contribution in [1.29, 1.82) is 0 Å². The third-order valence-corrected chi connectivity index (χ3v) is 4.95. The second kappa shape index (κ2) is 7.94. The Morgan fingerprint density at radius 2 is 1.91 bits per heavy atom. The highest BCUT2D eigenvalue weighted by Gasteiger charge is 2.21. The van der Waals surface area contributed by atoms with Crippen LogP contribution in [0.3, 0.4) is 0 Å². The Morgan fingerprint density at radius 3 is 2.59 bits per heavy atom. The first kappa shape index (κ1) is 17.2. The lowest BCUT2D eigenvalue weighted by Crippen LogP contribution is -2.27. The minimum atomic E-state index is -0.199. The molecule has 22 heavy (non-hydrogen) atoms. The van der Waals surface area contributed by atoms with Crippen LogP contribution in [0.15, 0.2) is 29.4 Å². The maximum absolute atomic E-state index is 12.9. The van der Waals surface area contributed by atoms with Gasteiger partial charge in [0.1, 0.15) is 11.6 Å². The molecule has 1 aliphatic heterocycles. The van der Waals surface area contributed by atoms with Gasteiger partial charge in [0.25, 0.3) is 0 Å². The van der Waals surface area contributed by atoms with Gasteiger partial charge in [-0.25, -0.2) is 4.39 Å². The second-order valence-corrected chi connectivity index (χ2v) is 6.28. The smallest absolute Gasteiger partial charge is 0.191 e. The molecule has 1 saturated heterocycles. The van der Waals surface area contributed by atoms with E-state index in [9.17, 15) is 4.39 Å². The summed E-state index contributed by atoms with van der Waals surface area (Å²) in [5.74, 6) is 2.16. The van der Waals surface area contributed by atoms with Gasteiger partial charge in [-0.3, -0.25) is 0 Å². The molecule has 0 bridgehead atoms. The molecule has 1 aliphatic rings. The molecule has 2 heterocycles. The molecule has 4 nitrogen and oxygen atoms in total. The molecule has 2 aromatic rings. The lowest BCUT2D eigenvalue weighted by Gasteiger charge is -2.21. The molecule has 3 rings (SSSR count). The van der Waals surface area contributed by atoms with Crippen molar-refractivity contribution in [3.05, 3.63) is 41.5 Å². The number of hydrogen-bond acceptors (Lipinski definition) is 4. The predicted molar refractivity (Wildman–Crippen MR) is 89.1 cm³/mol. The molecular weight excluding hydrogens is 323 g/mol. The molecule has 0 aliphatic carbocycles. The van der Waals surface area contributed by atoms with E-state index in [0.717, 1.165) is 48.2 Å². The Kier molecular flexibility index (Phi) is 6.23. The van der Waals surface area contributed by atoms with Gasteiger partial charge < -0.3 is 9.88 Å². The standard InChI is InChI=1S/C15H19FN4S.ClH/c1-20-14(12-6-8-17-9-7-12)18-19-15(20)21-10-11-2-4-13(16)5-3-11;/h2-5,12,17H,6-10H2,1H3;1H. The van der Waals surface area contributed by atoms with Gasteiger partial charge in [0.2, 0.25) is 0 Å². The number of aromatic nitrogens is 3. The van der Waals surface area contributed by atoms with Gasteiger partial charge in [-0.15, -0.1) is 22.6 Å². The summed E-state index contributed by atoms with van der Waals surface area (Å²) in [4.78, 5) is 0. The summed E-state index contributed by atoms with van der Waals surface area (Å²) >= 11 is 1.64. The summed E-state index contributed by atoms with van der Waals surface area (Å²) in [6, 6.07) is 6.61. The lowest BCUT2D eigenvalue weighted by molar-refractivity contribution is 0.434. The first-order valence-electron chi connectivity index (χ1n) is 7.21. The lowest BCUT2D eigenvalue weighted by atomic mass is 9.97. The summed E-state index contributed by atoms with van der Waals surface area (Å²) in [5, 5.41) is 13.0. The number of thioether (sulfide) groups is 1. The zero-order valence-electron chi connectivity index (χ0n) is 12.5. The highest BCUT2D eigenvalue weighted by molar-refractivity contribution is 7.98. The van der Waals surface area contributed by atoms with E-state index in [1.165, 1.54) is 12.1 Å². The van der Waals surface area contributed by atoms with E-state index in [1.807, 2.05) is 19.2 Å². The Morgan fingerprint density at radius 1 is 1.23 bits per heavy atom. The fourth-order valence-electron chi connectivity index (χ4n) is 2.62. The number of nitrogens with zero attached hydrogens (tertiary/aromatic N) is 3. The van der Waals surface area contributed by atoms with Crippen molar-refractivity contribution in [3.8, 4) is 0 Å². The average molecular weight is 343 g/mol. The molecule has 0 unspecified atom stereocenters. The molecule has 0 saturated carbocycles. The van der Waals surface area contributed by atoms with Gasteiger partial charge in [0, 0.05) is 18.7 Å². The number of piperidine rings is 1. The van der Waals surface area contributed by atoms with Crippen LogP contribution in [0.2, 0.25) is 0 Å². The van der Waals surface area contributed by atoms with Crippen LogP contribution in [0.25, 0.3) is 0 Å². The van der Waals surface area contributed by atoms with E-state index in [2.05, 4.69) is 20.1 Å². The summed E-state index contributed by atoms with van der Waals surface area (Å²) in [5.41, 5.74) is 1.09. The summed E-state index contributed by atoms with van der Waals surface area (Å²) in [7, 11) is 2.03. The van der Waals surface area contributed by atoms with Gasteiger partial charge in [-0.1, -0.05) is 23.9 Å². The van der Waals surface area contributed by atoms with Crippen LogP contribution in [-0.2, 0) is 12.8 Å². The van der Waals surface area contributed by atoms with Crippen LogP contribution in [0.5, 0.6) is 0 Å². The van der Waals surface area contributed by atoms with Crippen molar-refractivity contribution < 1.29 is 4.39 Å². The van der Waals surface area contributed by atoms with Crippen LogP contribution in [0.1, 0.15) is 30.1 Å². The van der Waals surface area contributed by atoms with E-state index < -0.39 is 0 Å². The summed E-state index contributed by atoms with van der Waals surface area (Å²) in [6.45, 7) is 2.10. The van der Waals surface area contributed by atoms with Crippen LogP contribution in [0.4, 0.5) is 4.39 Å². The fraction of sp³-hybridized carbons (Fsp3) is 0.467. The normalized spacial score (nSPS) is 15.5. The van der Waals surface area contributed by atoms with Crippen LogP contribution >= 0.6 is 24.2 Å². The van der Waals surface area contributed by atoms with E-state index >= 15 is 0 Å². The molecule has 1 aromatic heterocycles. The molecule has 1 fully saturated rings. The number of hydrogen-bond donors (Lipinski definition) is 1. The maximum Gasteiger partial charge on any atom is 0.191 e. The topological polar surface area (TPSA) is 42.7 Å². The molecule has 0 amide bonds. The van der Waals surface area contributed by atoms with Gasteiger partial charge in [0.15, 0.2) is 5.16 Å². The Labute approximate surface area is 140 Å². The Balaban J connectivity index is 0.00000176.